The monoisotopic (exact) mass is 279 g/mol. The molecule has 0 aliphatic carbocycles. The van der Waals surface area contributed by atoms with Crippen molar-refractivity contribution in [2.75, 3.05) is 18.0 Å². The SMILES string of the molecule is CCCNC(=O)NC1CC(=O)N(c2cccc(F)c2)C1. The number of urea groups is 1. The van der Waals surface area contributed by atoms with Crippen molar-refractivity contribution in [3.8, 4) is 0 Å². The van der Waals surface area contributed by atoms with Gasteiger partial charge in [0, 0.05) is 25.2 Å². The minimum atomic E-state index is -0.382. The van der Waals surface area contributed by atoms with Crippen molar-refractivity contribution in [3.63, 3.8) is 0 Å². The standard InChI is InChI=1S/C14H18FN3O2/c1-2-6-16-14(20)17-11-8-13(19)18(9-11)12-5-3-4-10(15)7-12/h3-5,7,11H,2,6,8-9H2,1H3,(H2,16,17,20). The molecular weight excluding hydrogens is 261 g/mol. The van der Waals surface area contributed by atoms with Gasteiger partial charge in [0.15, 0.2) is 0 Å². The van der Waals surface area contributed by atoms with E-state index in [1.54, 1.807) is 12.1 Å². The van der Waals surface area contributed by atoms with Gasteiger partial charge in [-0.3, -0.25) is 4.79 Å². The molecule has 1 aliphatic heterocycles. The van der Waals surface area contributed by atoms with E-state index in [0.717, 1.165) is 6.42 Å². The van der Waals surface area contributed by atoms with E-state index in [1.165, 1.54) is 17.0 Å². The number of carbonyl (C=O) groups is 2. The Hall–Kier alpha value is -2.11. The minimum Gasteiger partial charge on any atom is -0.338 e. The van der Waals surface area contributed by atoms with Gasteiger partial charge >= 0.3 is 6.03 Å². The molecule has 1 atom stereocenters. The summed E-state index contributed by atoms with van der Waals surface area (Å²) < 4.78 is 13.2. The van der Waals surface area contributed by atoms with Crippen LogP contribution in [0.3, 0.4) is 0 Å². The average Bonchev–Trinajstić information content (AvgIpc) is 2.77. The van der Waals surface area contributed by atoms with Crippen LogP contribution < -0.4 is 15.5 Å². The van der Waals surface area contributed by atoms with Crippen molar-refractivity contribution in [2.45, 2.75) is 25.8 Å². The Labute approximate surface area is 117 Å². The minimum absolute atomic E-state index is 0.114. The molecule has 0 radical (unpaired) electrons. The fraction of sp³-hybridized carbons (Fsp3) is 0.429. The molecule has 1 fully saturated rings. The van der Waals surface area contributed by atoms with Crippen LogP contribution in [-0.2, 0) is 4.79 Å². The maximum atomic E-state index is 13.2. The summed E-state index contributed by atoms with van der Waals surface area (Å²) in [6.07, 6.45) is 1.09. The normalized spacial score (nSPS) is 18.2. The van der Waals surface area contributed by atoms with Crippen molar-refractivity contribution < 1.29 is 14.0 Å². The predicted octanol–water partition coefficient (Wildman–Crippen LogP) is 1.64. The van der Waals surface area contributed by atoms with Gasteiger partial charge in [0.05, 0.1) is 6.04 Å². The number of rotatable bonds is 4. The molecule has 0 spiro atoms. The summed E-state index contributed by atoms with van der Waals surface area (Å²) in [6, 6.07) is 5.37. The first-order valence-corrected chi connectivity index (χ1v) is 6.70. The zero-order chi connectivity index (χ0) is 14.5. The van der Waals surface area contributed by atoms with Crippen molar-refractivity contribution in [1.29, 1.82) is 0 Å². The molecule has 20 heavy (non-hydrogen) atoms. The number of amides is 3. The maximum Gasteiger partial charge on any atom is 0.315 e. The first kappa shape index (κ1) is 14.3. The highest BCUT2D eigenvalue weighted by molar-refractivity contribution is 5.96. The quantitative estimate of drug-likeness (QED) is 0.880. The number of hydrogen-bond donors (Lipinski definition) is 2. The Morgan fingerprint density at radius 1 is 1.50 bits per heavy atom. The van der Waals surface area contributed by atoms with Gasteiger partial charge in [0.1, 0.15) is 5.82 Å². The molecule has 2 N–H and O–H groups in total. The van der Waals surface area contributed by atoms with Gasteiger partial charge in [0.25, 0.3) is 0 Å². The van der Waals surface area contributed by atoms with Crippen LogP contribution in [0.25, 0.3) is 0 Å². The lowest BCUT2D eigenvalue weighted by atomic mass is 10.2. The zero-order valence-electron chi connectivity index (χ0n) is 11.4. The molecule has 0 aromatic heterocycles. The Bertz CT molecular complexity index is 507. The fourth-order valence-corrected chi connectivity index (χ4v) is 2.17. The van der Waals surface area contributed by atoms with Crippen LogP contribution in [0, 0.1) is 5.82 Å². The lowest BCUT2D eigenvalue weighted by Crippen LogP contribution is -2.43. The van der Waals surface area contributed by atoms with Crippen LogP contribution in [0.5, 0.6) is 0 Å². The summed E-state index contributed by atoms with van der Waals surface area (Å²) in [5, 5.41) is 5.45. The summed E-state index contributed by atoms with van der Waals surface area (Å²) in [5.41, 5.74) is 0.522. The number of anilines is 1. The Morgan fingerprint density at radius 2 is 2.30 bits per heavy atom. The molecule has 1 saturated heterocycles. The molecular formula is C14H18FN3O2. The lowest BCUT2D eigenvalue weighted by molar-refractivity contribution is -0.117. The van der Waals surface area contributed by atoms with Crippen molar-refractivity contribution in [2.24, 2.45) is 0 Å². The number of nitrogens with one attached hydrogen (secondary N) is 2. The van der Waals surface area contributed by atoms with Crippen molar-refractivity contribution >= 4 is 17.6 Å². The molecule has 1 aromatic rings. The van der Waals surface area contributed by atoms with Gasteiger partial charge < -0.3 is 15.5 Å². The molecule has 1 unspecified atom stereocenters. The number of nitrogens with zero attached hydrogens (tertiary/aromatic N) is 1. The molecule has 2 rings (SSSR count). The highest BCUT2D eigenvalue weighted by Gasteiger charge is 2.31. The van der Waals surface area contributed by atoms with Crippen LogP contribution >= 0.6 is 0 Å². The average molecular weight is 279 g/mol. The summed E-state index contributed by atoms with van der Waals surface area (Å²) >= 11 is 0. The van der Waals surface area contributed by atoms with E-state index in [4.69, 9.17) is 0 Å². The van der Waals surface area contributed by atoms with Crippen LogP contribution in [0.1, 0.15) is 19.8 Å². The highest BCUT2D eigenvalue weighted by Crippen LogP contribution is 2.22. The number of hydrogen-bond acceptors (Lipinski definition) is 2. The second-order valence-corrected chi connectivity index (χ2v) is 4.79. The summed E-state index contributed by atoms with van der Waals surface area (Å²) in [6.45, 7) is 2.92. The number of halogens is 1. The van der Waals surface area contributed by atoms with E-state index in [0.29, 0.717) is 18.8 Å². The van der Waals surface area contributed by atoms with E-state index in [1.807, 2.05) is 6.92 Å². The molecule has 1 heterocycles. The van der Waals surface area contributed by atoms with E-state index in [2.05, 4.69) is 10.6 Å². The summed E-state index contributed by atoms with van der Waals surface area (Å²) in [5.74, 6) is -0.496. The first-order chi connectivity index (χ1) is 9.60. The van der Waals surface area contributed by atoms with Crippen molar-refractivity contribution in [3.05, 3.63) is 30.1 Å². The van der Waals surface area contributed by atoms with Gasteiger partial charge in [-0.25, -0.2) is 9.18 Å². The Balaban J connectivity index is 1.95. The van der Waals surface area contributed by atoms with E-state index >= 15 is 0 Å². The third-order valence-electron chi connectivity index (χ3n) is 3.12. The summed E-state index contributed by atoms with van der Waals surface area (Å²) in [4.78, 5) is 25.0. The van der Waals surface area contributed by atoms with Crippen LogP contribution in [0.2, 0.25) is 0 Å². The molecule has 6 heteroatoms. The van der Waals surface area contributed by atoms with Gasteiger partial charge in [-0.05, 0) is 24.6 Å². The third-order valence-corrected chi connectivity index (χ3v) is 3.12. The third kappa shape index (κ3) is 3.46. The molecule has 3 amide bonds. The second-order valence-electron chi connectivity index (χ2n) is 4.79. The topological polar surface area (TPSA) is 61.4 Å². The molecule has 108 valence electrons. The van der Waals surface area contributed by atoms with Gasteiger partial charge in [0.2, 0.25) is 5.91 Å². The fourth-order valence-electron chi connectivity index (χ4n) is 2.17. The maximum absolute atomic E-state index is 13.2. The van der Waals surface area contributed by atoms with Crippen LogP contribution in [-0.4, -0.2) is 31.1 Å². The molecule has 0 bridgehead atoms. The van der Waals surface area contributed by atoms with Crippen molar-refractivity contribution in [1.82, 2.24) is 10.6 Å². The highest BCUT2D eigenvalue weighted by atomic mass is 19.1. The van der Waals surface area contributed by atoms with E-state index in [-0.39, 0.29) is 30.2 Å². The van der Waals surface area contributed by atoms with Gasteiger partial charge in [-0.1, -0.05) is 13.0 Å². The van der Waals surface area contributed by atoms with Crippen LogP contribution in [0.4, 0.5) is 14.9 Å². The molecule has 1 aromatic carbocycles. The largest absolute Gasteiger partial charge is 0.338 e. The Kier molecular flexibility index (Phi) is 4.55. The van der Waals surface area contributed by atoms with E-state index < -0.39 is 0 Å². The molecule has 5 nitrogen and oxygen atoms in total. The second kappa shape index (κ2) is 6.36. The predicted molar refractivity (Wildman–Crippen MR) is 74.0 cm³/mol. The van der Waals surface area contributed by atoms with E-state index in [9.17, 15) is 14.0 Å². The first-order valence-electron chi connectivity index (χ1n) is 6.70. The number of carbonyl (C=O) groups excluding carboxylic acids is 2. The Morgan fingerprint density at radius 3 is 3.00 bits per heavy atom. The summed E-state index contributed by atoms with van der Waals surface area (Å²) in [7, 11) is 0. The van der Waals surface area contributed by atoms with Gasteiger partial charge in [-0.15, -0.1) is 0 Å². The lowest BCUT2D eigenvalue weighted by Gasteiger charge is -2.17. The molecule has 0 saturated carbocycles. The zero-order valence-corrected chi connectivity index (χ0v) is 11.4. The number of benzene rings is 1. The van der Waals surface area contributed by atoms with Crippen LogP contribution in [0.15, 0.2) is 24.3 Å². The molecule has 1 aliphatic rings. The van der Waals surface area contributed by atoms with Gasteiger partial charge in [-0.2, -0.15) is 0 Å². The smallest absolute Gasteiger partial charge is 0.315 e.